The lowest BCUT2D eigenvalue weighted by Crippen LogP contribution is -1.95. The summed E-state index contributed by atoms with van der Waals surface area (Å²) in [7, 11) is 0. The number of hydrogen-bond acceptors (Lipinski definition) is 1. The third-order valence-corrected chi connectivity index (χ3v) is 2.91. The van der Waals surface area contributed by atoms with Crippen molar-refractivity contribution in [1.82, 2.24) is 0 Å². The summed E-state index contributed by atoms with van der Waals surface area (Å²) in [5.41, 5.74) is 8.69. The van der Waals surface area contributed by atoms with Gasteiger partial charge < -0.3 is 5.73 Å². The predicted molar refractivity (Wildman–Crippen MR) is 65.7 cm³/mol. The van der Waals surface area contributed by atoms with Crippen LogP contribution in [0.25, 0.3) is 11.1 Å². The summed E-state index contributed by atoms with van der Waals surface area (Å²) in [6.45, 7) is 3.43. The normalized spacial score (nSPS) is 10.6. The molecule has 0 saturated heterocycles. The average molecular weight is 233 g/mol. The van der Waals surface area contributed by atoms with E-state index in [-0.39, 0.29) is 0 Å². The minimum absolute atomic E-state index is 0.383. The lowest BCUT2D eigenvalue weighted by molar-refractivity contribution is 0.579. The van der Waals surface area contributed by atoms with Gasteiger partial charge in [0.05, 0.1) is 0 Å². The summed E-state index contributed by atoms with van der Waals surface area (Å²) in [6, 6.07) is 7.71. The van der Waals surface area contributed by atoms with E-state index in [1.54, 1.807) is 25.1 Å². The van der Waals surface area contributed by atoms with Gasteiger partial charge in [0.2, 0.25) is 0 Å². The Morgan fingerprint density at radius 2 is 1.65 bits per heavy atom. The van der Waals surface area contributed by atoms with Crippen LogP contribution >= 0.6 is 0 Å². The molecule has 1 nitrogen and oxygen atoms in total. The van der Waals surface area contributed by atoms with Gasteiger partial charge in [0.25, 0.3) is 0 Å². The maximum atomic E-state index is 13.7. The zero-order chi connectivity index (χ0) is 12.6. The number of rotatable bonds is 1. The maximum Gasteiger partial charge on any atom is 0.133 e. The Kier molecular flexibility index (Phi) is 2.84. The van der Waals surface area contributed by atoms with Crippen LogP contribution in [0.1, 0.15) is 11.1 Å². The number of nitrogen functional groups attached to an aromatic ring is 1. The van der Waals surface area contributed by atoms with Gasteiger partial charge in [-0.2, -0.15) is 0 Å². The summed E-state index contributed by atoms with van der Waals surface area (Å²) in [5, 5.41) is 0. The van der Waals surface area contributed by atoms with E-state index in [0.717, 1.165) is 11.6 Å². The van der Waals surface area contributed by atoms with Crippen molar-refractivity contribution in [2.75, 3.05) is 5.73 Å². The van der Waals surface area contributed by atoms with Gasteiger partial charge in [-0.1, -0.05) is 12.1 Å². The third kappa shape index (κ3) is 2.00. The van der Waals surface area contributed by atoms with Gasteiger partial charge in [-0.3, -0.25) is 0 Å². The van der Waals surface area contributed by atoms with Gasteiger partial charge in [0.15, 0.2) is 0 Å². The Hall–Kier alpha value is -1.90. The van der Waals surface area contributed by atoms with Crippen molar-refractivity contribution in [2.45, 2.75) is 13.8 Å². The van der Waals surface area contributed by atoms with E-state index >= 15 is 0 Å². The molecule has 2 N–H and O–H groups in total. The highest BCUT2D eigenvalue weighted by Crippen LogP contribution is 2.30. The fourth-order valence-electron chi connectivity index (χ4n) is 1.81. The first-order valence-corrected chi connectivity index (χ1v) is 5.32. The molecule has 2 rings (SSSR count). The highest BCUT2D eigenvalue weighted by molar-refractivity contribution is 5.73. The van der Waals surface area contributed by atoms with Crippen molar-refractivity contribution in [3.63, 3.8) is 0 Å². The number of nitrogens with two attached hydrogens (primary N) is 1. The minimum Gasteiger partial charge on any atom is -0.398 e. The van der Waals surface area contributed by atoms with Gasteiger partial charge in [0, 0.05) is 17.3 Å². The molecule has 0 atom stereocenters. The van der Waals surface area contributed by atoms with Crippen molar-refractivity contribution in [2.24, 2.45) is 0 Å². The van der Waals surface area contributed by atoms with E-state index in [2.05, 4.69) is 0 Å². The van der Waals surface area contributed by atoms with Crippen LogP contribution in [0.5, 0.6) is 0 Å². The largest absolute Gasteiger partial charge is 0.398 e. The first-order valence-electron chi connectivity index (χ1n) is 5.32. The Morgan fingerprint density at radius 3 is 2.35 bits per heavy atom. The molecular weight excluding hydrogens is 220 g/mol. The first-order chi connectivity index (χ1) is 8.00. The van der Waals surface area contributed by atoms with Crippen molar-refractivity contribution < 1.29 is 8.78 Å². The fourth-order valence-corrected chi connectivity index (χ4v) is 1.81. The van der Waals surface area contributed by atoms with Crippen molar-refractivity contribution in [3.8, 4) is 11.1 Å². The zero-order valence-corrected chi connectivity index (χ0v) is 9.72. The average Bonchev–Trinajstić information content (AvgIpc) is 2.28. The van der Waals surface area contributed by atoms with Crippen LogP contribution in [0.15, 0.2) is 30.3 Å². The molecule has 0 fully saturated rings. The van der Waals surface area contributed by atoms with Crippen LogP contribution in [-0.4, -0.2) is 0 Å². The number of anilines is 1. The van der Waals surface area contributed by atoms with E-state index in [1.165, 1.54) is 6.07 Å². The fraction of sp³-hybridized carbons (Fsp3) is 0.143. The monoisotopic (exact) mass is 233 g/mol. The lowest BCUT2D eigenvalue weighted by atomic mass is 9.97. The minimum atomic E-state index is -0.568. The maximum absolute atomic E-state index is 13.7. The summed E-state index contributed by atoms with van der Waals surface area (Å²) in [6.07, 6.45) is 0. The highest BCUT2D eigenvalue weighted by Gasteiger charge is 2.12. The van der Waals surface area contributed by atoms with Gasteiger partial charge in [0.1, 0.15) is 11.6 Å². The second-order valence-corrected chi connectivity index (χ2v) is 4.10. The smallest absolute Gasteiger partial charge is 0.133 e. The first kappa shape index (κ1) is 11.6. The van der Waals surface area contributed by atoms with Gasteiger partial charge in [-0.15, -0.1) is 0 Å². The molecule has 0 aliphatic carbocycles. The Labute approximate surface area is 98.9 Å². The third-order valence-electron chi connectivity index (χ3n) is 2.91. The van der Waals surface area contributed by atoms with Crippen LogP contribution in [0, 0.1) is 25.5 Å². The van der Waals surface area contributed by atoms with Gasteiger partial charge >= 0.3 is 0 Å². The van der Waals surface area contributed by atoms with Crippen LogP contribution in [0.3, 0.4) is 0 Å². The molecule has 0 aromatic heterocycles. The molecule has 0 saturated carbocycles. The van der Waals surface area contributed by atoms with Crippen LogP contribution in [-0.2, 0) is 0 Å². The number of halogens is 2. The quantitative estimate of drug-likeness (QED) is 0.744. The van der Waals surface area contributed by atoms with Crippen molar-refractivity contribution in [1.29, 1.82) is 0 Å². The number of hydrogen-bond donors (Lipinski definition) is 1. The van der Waals surface area contributed by atoms with E-state index in [4.69, 9.17) is 5.73 Å². The Balaban J connectivity index is 2.69. The molecule has 3 heteroatoms. The molecular formula is C14H13F2N. The van der Waals surface area contributed by atoms with Gasteiger partial charge in [-0.25, -0.2) is 8.78 Å². The predicted octanol–water partition coefficient (Wildman–Crippen LogP) is 3.83. The molecule has 0 aliphatic heterocycles. The highest BCUT2D eigenvalue weighted by atomic mass is 19.1. The molecule has 0 amide bonds. The molecule has 0 aliphatic rings. The van der Waals surface area contributed by atoms with Crippen LogP contribution in [0.4, 0.5) is 14.5 Å². The molecule has 2 aromatic carbocycles. The topological polar surface area (TPSA) is 26.0 Å². The SMILES string of the molecule is Cc1cc(-c2cccc(N)c2C)c(F)cc1F. The van der Waals surface area contributed by atoms with Crippen LogP contribution < -0.4 is 5.73 Å². The molecule has 2 aromatic rings. The molecule has 0 radical (unpaired) electrons. The second-order valence-electron chi connectivity index (χ2n) is 4.10. The number of aryl methyl sites for hydroxylation is 1. The molecule has 0 unspecified atom stereocenters. The zero-order valence-electron chi connectivity index (χ0n) is 9.72. The standard InChI is InChI=1S/C14H13F2N/c1-8-6-11(13(16)7-12(8)15)10-4-3-5-14(17)9(10)2/h3-7H,17H2,1-2H3. The summed E-state index contributed by atoms with van der Waals surface area (Å²) < 4.78 is 26.9. The van der Waals surface area contributed by atoms with E-state index < -0.39 is 11.6 Å². The molecule has 0 spiro atoms. The van der Waals surface area contributed by atoms with Crippen LogP contribution in [0.2, 0.25) is 0 Å². The second kappa shape index (κ2) is 4.17. The summed E-state index contributed by atoms with van der Waals surface area (Å²) in [4.78, 5) is 0. The molecule has 0 bridgehead atoms. The summed E-state index contributed by atoms with van der Waals surface area (Å²) >= 11 is 0. The molecule has 0 heterocycles. The van der Waals surface area contributed by atoms with E-state index in [1.807, 2.05) is 6.92 Å². The molecule has 17 heavy (non-hydrogen) atoms. The summed E-state index contributed by atoms with van der Waals surface area (Å²) in [5.74, 6) is -1.10. The van der Waals surface area contributed by atoms with Crippen molar-refractivity contribution >= 4 is 5.69 Å². The van der Waals surface area contributed by atoms with Crippen molar-refractivity contribution in [3.05, 3.63) is 53.1 Å². The lowest BCUT2D eigenvalue weighted by Gasteiger charge is -2.10. The van der Waals surface area contributed by atoms with E-state index in [0.29, 0.717) is 22.4 Å². The Bertz CT molecular complexity index is 577. The molecule has 88 valence electrons. The Morgan fingerprint density at radius 1 is 0.941 bits per heavy atom. The van der Waals surface area contributed by atoms with E-state index in [9.17, 15) is 8.78 Å². The van der Waals surface area contributed by atoms with Gasteiger partial charge in [-0.05, 0) is 42.7 Å². The number of benzene rings is 2.